The van der Waals surface area contributed by atoms with Crippen LogP contribution in [0.3, 0.4) is 0 Å². The lowest BCUT2D eigenvalue weighted by atomic mass is 10.1. The number of aliphatic carboxylic acids is 1. The molecule has 1 amide bonds. The fraction of sp³-hybridized carbons (Fsp3) is 0.0606. The molecule has 6 aromatic rings. The number of nitrogens with zero attached hydrogens (tertiary/aromatic N) is 4. The van der Waals surface area contributed by atoms with E-state index in [0.717, 1.165) is 27.9 Å². The number of nitrogen functional groups attached to an aromatic ring is 1. The number of carboxylic acids is 1. The first-order chi connectivity index (χ1) is 20.5. The fourth-order valence-corrected chi connectivity index (χ4v) is 4.83. The number of anilines is 1. The molecule has 0 fully saturated rings. The first kappa shape index (κ1) is 26.4. The Hall–Kier alpha value is -5.83. The van der Waals surface area contributed by atoms with E-state index in [4.69, 9.17) is 20.8 Å². The summed E-state index contributed by atoms with van der Waals surface area (Å²) < 4.78 is 1.95. The lowest BCUT2D eigenvalue weighted by molar-refractivity contribution is -0.136. The number of carboxylic acid groups (broad SMARTS) is 1. The van der Waals surface area contributed by atoms with Gasteiger partial charge < -0.3 is 16.2 Å². The molecule has 9 heteroatoms. The van der Waals surface area contributed by atoms with Crippen molar-refractivity contribution in [3.8, 4) is 28.2 Å². The quantitative estimate of drug-likeness (QED) is 0.233. The SMILES string of the molecule is Nc1ncccc1-c1nc2cc(-c3ccccc3)cnc2n1-c1ccc(CNC(=O)c2cccc(CC(=O)O)c2)cc1. The standard InChI is InChI=1S/C33H26N6O3/c34-30-27(10-5-15-35-30)31-38-28-18-25(23-7-2-1-3-8-23)20-36-32(28)39(31)26-13-11-21(12-14-26)19-37-33(42)24-9-4-6-22(16-24)17-29(40)41/h1-16,18,20H,17,19H2,(H2,34,35)(H,37,42)(H,40,41). The Balaban J connectivity index is 1.30. The summed E-state index contributed by atoms with van der Waals surface area (Å²) in [5.74, 6) is -0.237. The van der Waals surface area contributed by atoms with Crippen LogP contribution >= 0.6 is 0 Å². The maximum absolute atomic E-state index is 12.7. The van der Waals surface area contributed by atoms with Crippen LogP contribution in [0.1, 0.15) is 21.5 Å². The van der Waals surface area contributed by atoms with Crippen LogP contribution in [0.15, 0.2) is 109 Å². The highest BCUT2D eigenvalue weighted by Crippen LogP contribution is 2.32. The first-order valence-corrected chi connectivity index (χ1v) is 13.3. The van der Waals surface area contributed by atoms with Crippen LogP contribution in [-0.4, -0.2) is 36.5 Å². The van der Waals surface area contributed by atoms with Gasteiger partial charge in [0.15, 0.2) is 11.5 Å². The van der Waals surface area contributed by atoms with Crippen molar-refractivity contribution in [2.45, 2.75) is 13.0 Å². The molecule has 0 bridgehead atoms. The van der Waals surface area contributed by atoms with E-state index in [9.17, 15) is 9.59 Å². The molecule has 9 nitrogen and oxygen atoms in total. The zero-order valence-electron chi connectivity index (χ0n) is 22.4. The summed E-state index contributed by atoms with van der Waals surface area (Å²) in [6.07, 6.45) is 3.34. The van der Waals surface area contributed by atoms with Crippen molar-refractivity contribution in [3.63, 3.8) is 0 Å². The number of nitrogens with two attached hydrogens (primary N) is 1. The number of nitrogens with one attached hydrogen (secondary N) is 1. The lowest BCUT2D eigenvalue weighted by Crippen LogP contribution is -2.23. The van der Waals surface area contributed by atoms with E-state index < -0.39 is 5.97 Å². The summed E-state index contributed by atoms with van der Waals surface area (Å²) in [4.78, 5) is 37.7. The molecule has 42 heavy (non-hydrogen) atoms. The maximum Gasteiger partial charge on any atom is 0.307 e. The van der Waals surface area contributed by atoms with Crippen LogP contribution in [0, 0.1) is 0 Å². The number of hydrogen-bond donors (Lipinski definition) is 3. The van der Waals surface area contributed by atoms with E-state index in [0.29, 0.717) is 40.5 Å². The predicted molar refractivity (Wildman–Crippen MR) is 161 cm³/mol. The van der Waals surface area contributed by atoms with Crippen molar-refractivity contribution in [2.24, 2.45) is 0 Å². The molecule has 0 saturated carbocycles. The second-order valence-electron chi connectivity index (χ2n) is 9.76. The van der Waals surface area contributed by atoms with Gasteiger partial charge in [0.2, 0.25) is 0 Å². The number of fused-ring (bicyclic) bond motifs is 1. The second kappa shape index (κ2) is 11.3. The summed E-state index contributed by atoms with van der Waals surface area (Å²) in [5, 5.41) is 11.9. The van der Waals surface area contributed by atoms with Crippen LogP contribution in [0.5, 0.6) is 0 Å². The Morgan fingerprint density at radius 1 is 0.833 bits per heavy atom. The number of aromatic nitrogens is 4. The molecule has 0 radical (unpaired) electrons. The second-order valence-corrected chi connectivity index (χ2v) is 9.76. The molecule has 0 aliphatic heterocycles. The molecule has 0 atom stereocenters. The minimum absolute atomic E-state index is 0.138. The Labute approximate surface area is 241 Å². The van der Waals surface area contributed by atoms with Crippen molar-refractivity contribution in [1.29, 1.82) is 0 Å². The minimum Gasteiger partial charge on any atom is -0.481 e. The van der Waals surface area contributed by atoms with Crippen molar-refractivity contribution in [3.05, 3.63) is 126 Å². The van der Waals surface area contributed by atoms with Gasteiger partial charge in [-0.2, -0.15) is 0 Å². The number of benzene rings is 3. The van der Waals surface area contributed by atoms with Gasteiger partial charge in [-0.1, -0.05) is 54.6 Å². The van der Waals surface area contributed by atoms with E-state index in [2.05, 4.69) is 10.3 Å². The van der Waals surface area contributed by atoms with Gasteiger partial charge in [-0.15, -0.1) is 0 Å². The van der Waals surface area contributed by atoms with Gasteiger partial charge in [0.25, 0.3) is 5.91 Å². The molecule has 0 aliphatic carbocycles. The summed E-state index contributed by atoms with van der Waals surface area (Å²) in [5.41, 5.74) is 13.0. The van der Waals surface area contributed by atoms with Gasteiger partial charge >= 0.3 is 5.97 Å². The molecule has 3 aromatic carbocycles. The number of rotatable bonds is 8. The van der Waals surface area contributed by atoms with Crippen LogP contribution in [-0.2, 0) is 17.8 Å². The van der Waals surface area contributed by atoms with E-state index in [1.165, 1.54) is 0 Å². The van der Waals surface area contributed by atoms with Gasteiger partial charge in [0.1, 0.15) is 11.3 Å². The number of pyridine rings is 2. The average Bonchev–Trinajstić information content (AvgIpc) is 3.39. The van der Waals surface area contributed by atoms with Crippen molar-refractivity contribution >= 4 is 28.9 Å². The highest BCUT2D eigenvalue weighted by molar-refractivity contribution is 5.94. The number of imidazole rings is 1. The molecule has 0 aliphatic rings. The predicted octanol–water partition coefficient (Wildman–Crippen LogP) is 5.29. The monoisotopic (exact) mass is 554 g/mol. The summed E-state index contributed by atoms with van der Waals surface area (Å²) in [6.45, 7) is 0.300. The van der Waals surface area contributed by atoms with E-state index in [-0.39, 0.29) is 12.3 Å². The fourth-order valence-electron chi connectivity index (χ4n) is 4.83. The smallest absolute Gasteiger partial charge is 0.307 e. The molecule has 4 N–H and O–H groups in total. The molecule has 206 valence electrons. The van der Waals surface area contributed by atoms with Crippen LogP contribution in [0.4, 0.5) is 5.82 Å². The Bertz CT molecular complexity index is 1920. The number of carbonyl (C=O) groups is 2. The molecular weight excluding hydrogens is 528 g/mol. The third-order valence-corrected chi connectivity index (χ3v) is 6.88. The highest BCUT2D eigenvalue weighted by atomic mass is 16.4. The van der Waals surface area contributed by atoms with Crippen LogP contribution in [0.2, 0.25) is 0 Å². The molecule has 6 rings (SSSR count). The topological polar surface area (TPSA) is 136 Å². The van der Waals surface area contributed by atoms with E-state index >= 15 is 0 Å². The normalized spacial score (nSPS) is 11.0. The zero-order valence-corrected chi connectivity index (χ0v) is 22.4. The van der Waals surface area contributed by atoms with Gasteiger partial charge in [-0.05, 0) is 59.2 Å². The van der Waals surface area contributed by atoms with Crippen LogP contribution < -0.4 is 11.1 Å². The molecule has 3 heterocycles. The summed E-state index contributed by atoms with van der Waals surface area (Å²) in [6, 6.07) is 30.1. The highest BCUT2D eigenvalue weighted by Gasteiger charge is 2.18. The van der Waals surface area contributed by atoms with E-state index in [1.807, 2.05) is 83.6 Å². The van der Waals surface area contributed by atoms with Crippen molar-refractivity contribution in [1.82, 2.24) is 24.8 Å². The number of hydrogen-bond acceptors (Lipinski definition) is 6. The van der Waals surface area contributed by atoms with Gasteiger partial charge in [0.05, 0.1) is 12.0 Å². The Morgan fingerprint density at radius 2 is 1.64 bits per heavy atom. The van der Waals surface area contributed by atoms with Gasteiger partial charge in [-0.3, -0.25) is 14.2 Å². The van der Waals surface area contributed by atoms with Crippen LogP contribution in [0.25, 0.3) is 39.4 Å². The maximum atomic E-state index is 12.7. The number of amides is 1. The van der Waals surface area contributed by atoms with Gasteiger partial charge in [0, 0.05) is 35.8 Å². The Morgan fingerprint density at radius 3 is 2.40 bits per heavy atom. The lowest BCUT2D eigenvalue weighted by Gasteiger charge is -2.12. The Kier molecular flexibility index (Phi) is 7.13. The summed E-state index contributed by atoms with van der Waals surface area (Å²) in [7, 11) is 0. The molecule has 3 aromatic heterocycles. The zero-order chi connectivity index (χ0) is 29.1. The third kappa shape index (κ3) is 5.44. The average molecular weight is 555 g/mol. The van der Waals surface area contributed by atoms with Crippen molar-refractivity contribution in [2.75, 3.05) is 5.73 Å². The first-order valence-electron chi connectivity index (χ1n) is 13.3. The third-order valence-electron chi connectivity index (χ3n) is 6.88. The van der Waals surface area contributed by atoms with Gasteiger partial charge in [-0.25, -0.2) is 15.0 Å². The molecule has 0 spiro atoms. The molecule has 0 unspecified atom stereocenters. The van der Waals surface area contributed by atoms with E-state index in [1.54, 1.807) is 30.5 Å². The molecule has 0 saturated heterocycles. The molecular formula is C33H26N6O3. The largest absolute Gasteiger partial charge is 0.481 e. The summed E-state index contributed by atoms with van der Waals surface area (Å²) >= 11 is 0. The van der Waals surface area contributed by atoms with Crippen molar-refractivity contribution < 1.29 is 14.7 Å². The number of carbonyl (C=O) groups excluding carboxylic acids is 1. The minimum atomic E-state index is -0.945.